The Labute approximate surface area is 172 Å². The molecular formula is C22H23F3N4O. The topological polar surface area (TPSA) is 50.2 Å². The quantitative estimate of drug-likeness (QED) is 0.688. The number of likely N-dealkylation sites (tertiary alicyclic amines) is 1. The molecule has 2 heterocycles. The molecule has 158 valence electrons. The van der Waals surface area contributed by atoms with Gasteiger partial charge < -0.3 is 9.88 Å². The fourth-order valence-electron chi connectivity index (χ4n) is 3.95. The van der Waals surface area contributed by atoms with E-state index >= 15 is 0 Å². The molecule has 0 spiro atoms. The van der Waals surface area contributed by atoms with Crippen LogP contribution in [0, 0.1) is 0 Å². The summed E-state index contributed by atoms with van der Waals surface area (Å²) < 4.78 is 41.1. The Hall–Kier alpha value is -2.87. The smallest absolute Gasteiger partial charge is 0.352 e. The number of halogens is 3. The summed E-state index contributed by atoms with van der Waals surface area (Å²) in [4.78, 5) is 18.5. The van der Waals surface area contributed by atoms with Crippen molar-refractivity contribution >= 4 is 16.9 Å². The Balaban J connectivity index is 1.37. The summed E-state index contributed by atoms with van der Waals surface area (Å²) in [6.07, 6.45) is -3.08. The summed E-state index contributed by atoms with van der Waals surface area (Å²) >= 11 is 0. The van der Waals surface area contributed by atoms with Gasteiger partial charge in [0.05, 0.1) is 11.0 Å². The van der Waals surface area contributed by atoms with Crippen molar-refractivity contribution in [1.82, 2.24) is 19.8 Å². The zero-order chi connectivity index (χ0) is 21.1. The third-order valence-corrected chi connectivity index (χ3v) is 5.41. The zero-order valence-corrected chi connectivity index (χ0v) is 16.4. The number of aromatic nitrogens is 2. The number of imidazole rings is 1. The fourth-order valence-corrected chi connectivity index (χ4v) is 3.95. The van der Waals surface area contributed by atoms with Gasteiger partial charge in [-0.25, -0.2) is 4.98 Å². The van der Waals surface area contributed by atoms with Crippen molar-refractivity contribution in [2.24, 2.45) is 0 Å². The lowest BCUT2D eigenvalue weighted by atomic mass is 10.0. The first kappa shape index (κ1) is 20.4. The van der Waals surface area contributed by atoms with Crippen molar-refractivity contribution in [1.29, 1.82) is 0 Å². The average Bonchev–Trinajstić information content (AvgIpc) is 3.09. The highest BCUT2D eigenvalue weighted by Crippen LogP contribution is 2.31. The van der Waals surface area contributed by atoms with Crippen molar-refractivity contribution in [3.63, 3.8) is 0 Å². The Morgan fingerprint density at radius 2 is 1.70 bits per heavy atom. The van der Waals surface area contributed by atoms with Crippen molar-refractivity contribution in [3.05, 3.63) is 66.0 Å². The summed E-state index contributed by atoms with van der Waals surface area (Å²) in [5.41, 5.74) is 1.77. The van der Waals surface area contributed by atoms with E-state index in [1.54, 1.807) is 18.2 Å². The Kier molecular flexibility index (Phi) is 5.76. The van der Waals surface area contributed by atoms with Crippen LogP contribution in [0.4, 0.5) is 13.2 Å². The first-order valence-electron chi connectivity index (χ1n) is 9.98. The lowest BCUT2D eigenvalue weighted by Crippen LogP contribution is -2.45. The summed E-state index contributed by atoms with van der Waals surface area (Å²) in [5.74, 6) is -1.47. The number of fused-ring (bicyclic) bond motifs is 1. The normalized spacial score (nSPS) is 16.1. The maximum Gasteiger partial charge on any atom is 0.449 e. The van der Waals surface area contributed by atoms with Crippen LogP contribution in [0.25, 0.3) is 11.0 Å². The molecule has 4 rings (SSSR count). The lowest BCUT2D eigenvalue weighted by Gasteiger charge is -2.32. The van der Waals surface area contributed by atoms with E-state index in [4.69, 9.17) is 0 Å². The molecule has 1 N–H and O–H groups in total. The third kappa shape index (κ3) is 4.64. The summed E-state index contributed by atoms with van der Waals surface area (Å²) in [5, 5.41) is 2.90. The number of nitrogens with one attached hydrogen (secondary N) is 1. The van der Waals surface area contributed by atoms with E-state index in [0.717, 1.165) is 37.0 Å². The van der Waals surface area contributed by atoms with E-state index in [2.05, 4.69) is 27.3 Å². The molecule has 2 aromatic carbocycles. The predicted molar refractivity (Wildman–Crippen MR) is 108 cm³/mol. The van der Waals surface area contributed by atoms with Gasteiger partial charge in [0.25, 0.3) is 0 Å². The van der Waals surface area contributed by atoms with Crippen molar-refractivity contribution in [2.75, 3.05) is 13.1 Å². The fraction of sp³-hybridized carbons (Fsp3) is 0.364. The number of hydrogen-bond acceptors (Lipinski definition) is 3. The van der Waals surface area contributed by atoms with Gasteiger partial charge >= 0.3 is 6.18 Å². The van der Waals surface area contributed by atoms with Crippen LogP contribution in [0.1, 0.15) is 24.2 Å². The number of carbonyl (C=O) groups is 1. The molecule has 8 heteroatoms. The molecule has 1 aromatic heterocycles. The zero-order valence-electron chi connectivity index (χ0n) is 16.4. The Morgan fingerprint density at radius 3 is 2.40 bits per heavy atom. The summed E-state index contributed by atoms with van der Waals surface area (Å²) in [6, 6.07) is 16.5. The van der Waals surface area contributed by atoms with E-state index in [-0.39, 0.29) is 11.6 Å². The highest BCUT2D eigenvalue weighted by molar-refractivity contribution is 5.81. The average molecular weight is 416 g/mol. The van der Waals surface area contributed by atoms with Crippen LogP contribution in [-0.2, 0) is 24.1 Å². The van der Waals surface area contributed by atoms with Crippen LogP contribution in [0.3, 0.4) is 0 Å². The second-order valence-corrected chi connectivity index (χ2v) is 7.61. The number of benzene rings is 2. The highest BCUT2D eigenvalue weighted by atomic mass is 19.4. The van der Waals surface area contributed by atoms with Crippen molar-refractivity contribution in [3.8, 4) is 0 Å². The molecule has 30 heavy (non-hydrogen) atoms. The SMILES string of the molecule is O=C(Cn1c(C(F)(F)F)nc2ccccc21)NC1CCN(Cc2ccccc2)CC1. The van der Waals surface area contributed by atoms with Gasteiger partial charge in [0.15, 0.2) is 0 Å². The molecule has 1 aliphatic rings. The van der Waals surface area contributed by atoms with Gasteiger partial charge in [-0.2, -0.15) is 13.2 Å². The number of para-hydroxylation sites is 2. The Bertz CT molecular complexity index is 1010. The molecule has 1 saturated heterocycles. The molecule has 0 bridgehead atoms. The maximum absolute atomic E-state index is 13.4. The van der Waals surface area contributed by atoms with Gasteiger partial charge in [-0.3, -0.25) is 9.69 Å². The van der Waals surface area contributed by atoms with Gasteiger partial charge in [0.2, 0.25) is 11.7 Å². The van der Waals surface area contributed by atoms with E-state index in [1.807, 2.05) is 18.2 Å². The minimum Gasteiger partial charge on any atom is -0.352 e. The molecule has 5 nitrogen and oxygen atoms in total. The monoisotopic (exact) mass is 416 g/mol. The lowest BCUT2D eigenvalue weighted by molar-refractivity contribution is -0.147. The molecular weight excluding hydrogens is 393 g/mol. The maximum atomic E-state index is 13.4. The van der Waals surface area contributed by atoms with Gasteiger partial charge in [-0.05, 0) is 30.5 Å². The summed E-state index contributed by atoms with van der Waals surface area (Å²) in [6.45, 7) is 2.13. The molecule has 1 amide bonds. The van der Waals surface area contributed by atoms with Crippen LogP contribution >= 0.6 is 0 Å². The van der Waals surface area contributed by atoms with E-state index in [1.165, 1.54) is 11.6 Å². The molecule has 0 radical (unpaired) electrons. The largest absolute Gasteiger partial charge is 0.449 e. The van der Waals surface area contributed by atoms with Crippen LogP contribution in [0.5, 0.6) is 0 Å². The Morgan fingerprint density at radius 1 is 1.03 bits per heavy atom. The van der Waals surface area contributed by atoms with Gasteiger partial charge in [0, 0.05) is 25.7 Å². The number of alkyl halides is 3. The van der Waals surface area contributed by atoms with Crippen LogP contribution in [0.2, 0.25) is 0 Å². The molecule has 0 aliphatic carbocycles. The van der Waals surface area contributed by atoms with Crippen LogP contribution < -0.4 is 5.32 Å². The van der Waals surface area contributed by atoms with Crippen molar-refractivity contribution < 1.29 is 18.0 Å². The molecule has 1 aliphatic heterocycles. The van der Waals surface area contributed by atoms with Gasteiger partial charge in [0.1, 0.15) is 6.54 Å². The summed E-state index contributed by atoms with van der Waals surface area (Å²) in [7, 11) is 0. The minimum atomic E-state index is -4.62. The molecule has 1 fully saturated rings. The minimum absolute atomic E-state index is 0.0337. The number of carbonyl (C=O) groups excluding carboxylic acids is 1. The van der Waals surface area contributed by atoms with Crippen LogP contribution in [-0.4, -0.2) is 39.5 Å². The van der Waals surface area contributed by atoms with E-state index in [9.17, 15) is 18.0 Å². The second-order valence-electron chi connectivity index (χ2n) is 7.61. The van der Waals surface area contributed by atoms with Crippen LogP contribution in [0.15, 0.2) is 54.6 Å². The number of amides is 1. The number of piperidine rings is 1. The first-order chi connectivity index (χ1) is 14.4. The van der Waals surface area contributed by atoms with Crippen molar-refractivity contribution in [2.45, 2.75) is 38.1 Å². The number of nitrogens with zero attached hydrogens (tertiary/aromatic N) is 3. The van der Waals surface area contributed by atoms with Gasteiger partial charge in [-0.1, -0.05) is 42.5 Å². The van der Waals surface area contributed by atoms with Gasteiger partial charge in [-0.15, -0.1) is 0 Å². The molecule has 3 aromatic rings. The number of hydrogen-bond donors (Lipinski definition) is 1. The number of rotatable bonds is 5. The first-order valence-corrected chi connectivity index (χ1v) is 9.98. The highest BCUT2D eigenvalue weighted by Gasteiger charge is 2.38. The van der Waals surface area contributed by atoms with E-state index in [0.29, 0.717) is 5.52 Å². The molecule has 0 saturated carbocycles. The van der Waals surface area contributed by atoms with E-state index < -0.39 is 24.5 Å². The standard InChI is InChI=1S/C22H23F3N4O/c23-22(24,25)21-27-18-8-4-5-9-19(18)29(21)15-20(30)26-17-10-12-28(13-11-17)14-16-6-2-1-3-7-16/h1-9,17H,10-15H2,(H,26,30). The third-order valence-electron chi connectivity index (χ3n) is 5.41. The molecule has 0 atom stereocenters. The second kappa shape index (κ2) is 8.47. The molecule has 0 unspecified atom stereocenters. The predicted octanol–water partition coefficient (Wildman–Crippen LogP) is 3.84.